The highest BCUT2D eigenvalue weighted by molar-refractivity contribution is 5.79. The van der Waals surface area contributed by atoms with E-state index in [1.807, 2.05) is 24.3 Å². The minimum Gasteiger partial charge on any atom is -0.484 e. The summed E-state index contributed by atoms with van der Waals surface area (Å²) in [4.78, 5) is 24.9. The summed E-state index contributed by atoms with van der Waals surface area (Å²) >= 11 is 0. The van der Waals surface area contributed by atoms with E-state index >= 15 is 0 Å². The van der Waals surface area contributed by atoms with E-state index in [2.05, 4.69) is 6.92 Å². The second-order valence-corrected chi connectivity index (χ2v) is 5.80. The van der Waals surface area contributed by atoms with E-state index in [1.165, 1.54) is 5.56 Å². The zero-order valence-corrected chi connectivity index (χ0v) is 13.1. The van der Waals surface area contributed by atoms with Crippen molar-refractivity contribution in [3.05, 3.63) is 29.8 Å². The zero-order valence-electron chi connectivity index (χ0n) is 13.1. The Morgan fingerprint density at radius 2 is 1.95 bits per heavy atom. The second kappa shape index (κ2) is 7.29. The molecule has 1 fully saturated rings. The minimum atomic E-state index is -0.880. The maximum Gasteiger partial charge on any atom is 0.308 e. The molecule has 1 atom stereocenters. The minimum absolute atomic E-state index is 0.0473. The average Bonchev–Trinajstić information content (AvgIpc) is 3.35. The van der Waals surface area contributed by atoms with Crippen molar-refractivity contribution in [3.8, 4) is 5.75 Å². The van der Waals surface area contributed by atoms with Gasteiger partial charge in [0.15, 0.2) is 6.61 Å². The van der Waals surface area contributed by atoms with Crippen molar-refractivity contribution in [2.45, 2.75) is 39.2 Å². The normalized spacial score (nSPS) is 15.2. The number of benzene rings is 1. The van der Waals surface area contributed by atoms with Crippen LogP contribution < -0.4 is 4.74 Å². The van der Waals surface area contributed by atoms with Crippen LogP contribution in [0.1, 0.15) is 32.3 Å². The first-order chi connectivity index (χ1) is 10.5. The monoisotopic (exact) mass is 305 g/mol. The van der Waals surface area contributed by atoms with Crippen LogP contribution in [0.4, 0.5) is 0 Å². The van der Waals surface area contributed by atoms with Gasteiger partial charge in [0, 0.05) is 12.6 Å². The number of rotatable bonds is 8. The van der Waals surface area contributed by atoms with Gasteiger partial charge in [0.1, 0.15) is 5.75 Å². The zero-order chi connectivity index (χ0) is 16.1. The van der Waals surface area contributed by atoms with E-state index in [-0.39, 0.29) is 25.1 Å². The van der Waals surface area contributed by atoms with Crippen molar-refractivity contribution in [2.75, 3.05) is 13.2 Å². The molecule has 0 aliphatic heterocycles. The molecule has 1 aliphatic carbocycles. The Morgan fingerprint density at radius 3 is 2.45 bits per heavy atom. The Kier molecular flexibility index (Phi) is 5.41. The summed E-state index contributed by atoms with van der Waals surface area (Å²) in [6, 6.07) is 7.84. The molecule has 1 aliphatic rings. The Balaban J connectivity index is 1.89. The molecular formula is C17H23NO4. The van der Waals surface area contributed by atoms with Gasteiger partial charge >= 0.3 is 5.97 Å². The predicted molar refractivity (Wildman–Crippen MR) is 82.8 cm³/mol. The number of carboxylic acid groups (broad SMARTS) is 1. The molecule has 5 heteroatoms. The number of ether oxygens (including phenoxy) is 1. The highest BCUT2D eigenvalue weighted by Gasteiger charge is 2.34. The SMILES string of the molecule is CCc1ccc(OCC(=O)N(CC(C)C(=O)O)C2CC2)cc1. The molecule has 120 valence electrons. The number of carbonyl (C=O) groups excluding carboxylic acids is 1. The number of aliphatic carboxylic acids is 1. The third-order valence-corrected chi connectivity index (χ3v) is 3.89. The summed E-state index contributed by atoms with van der Waals surface area (Å²) in [5.74, 6) is -0.925. The quantitative estimate of drug-likeness (QED) is 0.800. The number of hydrogen-bond acceptors (Lipinski definition) is 3. The fourth-order valence-electron chi connectivity index (χ4n) is 2.26. The average molecular weight is 305 g/mol. The molecule has 0 bridgehead atoms. The highest BCUT2D eigenvalue weighted by Crippen LogP contribution is 2.28. The van der Waals surface area contributed by atoms with Crippen LogP contribution >= 0.6 is 0 Å². The number of carbonyl (C=O) groups is 2. The van der Waals surface area contributed by atoms with E-state index < -0.39 is 11.9 Å². The van der Waals surface area contributed by atoms with Crippen LogP contribution in [0.5, 0.6) is 5.75 Å². The molecule has 5 nitrogen and oxygen atoms in total. The van der Waals surface area contributed by atoms with Crippen molar-refractivity contribution in [1.82, 2.24) is 4.90 Å². The molecule has 0 heterocycles. The fourth-order valence-corrected chi connectivity index (χ4v) is 2.26. The molecule has 1 unspecified atom stereocenters. The van der Waals surface area contributed by atoms with Gasteiger partial charge in [-0.15, -0.1) is 0 Å². The smallest absolute Gasteiger partial charge is 0.308 e. The summed E-state index contributed by atoms with van der Waals surface area (Å²) in [6.45, 7) is 3.90. The number of aryl methyl sites for hydroxylation is 1. The lowest BCUT2D eigenvalue weighted by molar-refractivity contribution is -0.143. The fraction of sp³-hybridized carbons (Fsp3) is 0.529. The molecule has 0 saturated heterocycles. The molecule has 1 N–H and O–H groups in total. The van der Waals surface area contributed by atoms with Gasteiger partial charge in [-0.2, -0.15) is 0 Å². The van der Waals surface area contributed by atoms with Crippen LogP contribution in [0.3, 0.4) is 0 Å². The lowest BCUT2D eigenvalue weighted by atomic mass is 10.1. The summed E-state index contributed by atoms with van der Waals surface area (Å²) in [5, 5.41) is 9.00. The lowest BCUT2D eigenvalue weighted by Crippen LogP contribution is -2.41. The molecule has 0 radical (unpaired) electrons. The Bertz CT molecular complexity index is 522. The van der Waals surface area contributed by atoms with Crippen molar-refractivity contribution in [1.29, 1.82) is 0 Å². The van der Waals surface area contributed by atoms with Crippen molar-refractivity contribution >= 4 is 11.9 Å². The molecule has 1 amide bonds. The van der Waals surface area contributed by atoms with Crippen molar-refractivity contribution in [3.63, 3.8) is 0 Å². The maximum absolute atomic E-state index is 12.3. The van der Waals surface area contributed by atoms with Crippen LogP contribution in [0.15, 0.2) is 24.3 Å². The van der Waals surface area contributed by atoms with E-state index in [9.17, 15) is 9.59 Å². The molecule has 0 spiro atoms. The van der Waals surface area contributed by atoms with Crippen LogP contribution in [-0.4, -0.2) is 41.1 Å². The van der Waals surface area contributed by atoms with Crippen molar-refractivity contribution < 1.29 is 19.4 Å². The first-order valence-electron chi connectivity index (χ1n) is 7.75. The summed E-state index contributed by atoms with van der Waals surface area (Å²) in [7, 11) is 0. The summed E-state index contributed by atoms with van der Waals surface area (Å²) < 4.78 is 5.53. The van der Waals surface area contributed by atoms with Gasteiger partial charge in [0.2, 0.25) is 0 Å². The van der Waals surface area contributed by atoms with Crippen LogP contribution in [-0.2, 0) is 16.0 Å². The van der Waals surface area contributed by atoms with Gasteiger partial charge < -0.3 is 14.7 Å². The van der Waals surface area contributed by atoms with Crippen molar-refractivity contribution in [2.24, 2.45) is 5.92 Å². The van der Waals surface area contributed by atoms with E-state index in [0.29, 0.717) is 5.75 Å². The predicted octanol–water partition coefficient (Wildman–Crippen LogP) is 2.34. The number of nitrogens with zero attached hydrogens (tertiary/aromatic N) is 1. The molecule has 22 heavy (non-hydrogen) atoms. The van der Waals surface area contributed by atoms with Crippen LogP contribution in [0.2, 0.25) is 0 Å². The first-order valence-corrected chi connectivity index (χ1v) is 7.75. The molecular weight excluding hydrogens is 282 g/mol. The molecule has 2 rings (SSSR count). The van der Waals surface area contributed by atoms with Crippen LogP contribution in [0.25, 0.3) is 0 Å². The number of carboxylic acids is 1. The molecule has 1 aromatic carbocycles. The van der Waals surface area contributed by atoms with E-state index in [0.717, 1.165) is 19.3 Å². The lowest BCUT2D eigenvalue weighted by Gasteiger charge is -2.24. The van der Waals surface area contributed by atoms with Gasteiger partial charge in [-0.3, -0.25) is 9.59 Å². The first kappa shape index (κ1) is 16.3. The highest BCUT2D eigenvalue weighted by atomic mass is 16.5. The van der Waals surface area contributed by atoms with Gasteiger partial charge in [-0.25, -0.2) is 0 Å². The second-order valence-electron chi connectivity index (χ2n) is 5.80. The Labute approximate surface area is 130 Å². The topological polar surface area (TPSA) is 66.8 Å². The van der Waals surface area contributed by atoms with Crippen LogP contribution in [0, 0.1) is 5.92 Å². The Hall–Kier alpha value is -2.04. The van der Waals surface area contributed by atoms with Gasteiger partial charge in [-0.1, -0.05) is 26.0 Å². The maximum atomic E-state index is 12.3. The molecule has 1 saturated carbocycles. The van der Waals surface area contributed by atoms with Gasteiger partial charge in [0.05, 0.1) is 5.92 Å². The summed E-state index contributed by atoms with van der Waals surface area (Å²) in [5.41, 5.74) is 1.22. The largest absolute Gasteiger partial charge is 0.484 e. The van der Waals surface area contributed by atoms with Gasteiger partial charge in [-0.05, 0) is 37.0 Å². The third-order valence-electron chi connectivity index (χ3n) is 3.89. The standard InChI is InChI=1S/C17H23NO4/c1-3-13-4-8-15(9-5-13)22-11-16(19)18(14-6-7-14)10-12(2)17(20)21/h4-5,8-9,12,14H,3,6-7,10-11H2,1-2H3,(H,20,21). The molecule has 0 aromatic heterocycles. The molecule has 1 aromatic rings. The summed E-state index contributed by atoms with van der Waals surface area (Å²) in [6.07, 6.45) is 2.86. The van der Waals surface area contributed by atoms with E-state index in [1.54, 1.807) is 11.8 Å². The Morgan fingerprint density at radius 1 is 1.32 bits per heavy atom. The number of amides is 1. The number of hydrogen-bond donors (Lipinski definition) is 1. The van der Waals surface area contributed by atoms with Gasteiger partial charge in [0.25, 0.3) is 5.91 Å². The van der Waals surface area contributed by atoms with E-state index in [4.69, 9.17) is 9.84 Å². The third kappa shape index (κ3) is 4.48.